The van der Waals surface area contributed by atoms with Gasteiger partial charge in [-0.1, -0.05) is 46.9 Å². The number of aromatic nitrogens is 3. The van der Waals surface area contributed by atoms with Crippen molar-refractivity contribution in [3.05, 3.63) is 78.0 Å². The third-order valence-corrected chi connectivity index (χ3v) is 5.25. The van der Waals surface area contributed by atoms with Crippen LogP contribution in [0.4, 0.5) is 29.5 Å². The van der Waals surface area contributed by atoms with Crippen LogP contribution in [0.5, 0.6) is 11.6 Å². The molecule has 0 aliphatic rings. The highest BCUT2D eigenvalue weighted by atomic mass is 35.6. The normalized spacial score (nSPS) is 11.8. The minimum atomic E-state index is -4.58. The number of carbonyl (C=O) groups is 2. The number of hydrogen-bond donors (Lipinski definition) is 2. The highest BCUT2D eigenvalue weighted by molar-refractivity contribution is 6.68. The summed E-state index contributed by atoms with van der Waals surface area (Å²) < 4.78 is 44.0. The van der Waals surface area contributed by atoms with E-state index in [1.807, 2.05) is 0 Å². The standard InChI is InChI=1S/C23H15Cl3F3N5O4/c24-22(25,26)12-33(21(36)37)18-11-34-17(31-18)7-8-19(32-34)38-16-6-2-5-15(10-16)30-20(35)13-3-1-4-14(9-13)23(27,28)29/h1-11H,12H2,(H,30,35)(H,36,37). The first-order valence-corrected chi connectivity index (χ1v) is 11.6. The number of amides is 2. The minimum Gasteiger partial charge on any atom is -0.465 e. The van der Waals surface area contributed by atoms with Crippen LogP contribution in [0, 0.1) is 0 Å². The first-order chi connectivity index (χ1) is 17.8. The summed E-state index contributed by atoms with van der Waals surface area (Å²) >= 11 is 17.2. The van der Waals surface area contributed by atoms with Crippen LogP contribution >= 0.6 is 34.8 Å². The molecule has 4 rings (SSSR count). The van der Waals surface area contributed by atoms with E-state index >= 15 is 0 Å². The average molecular weight is 589 g/mol. The zero-order chi connectivity index (χ0) is 27.7. The van der Waals surface area contributed by atoms with Gasteiger partial charge in [0.2, 0.25) is 9.67 Å². The molecule has 2 aromatic carbocycles. The lowest BCUT2D eigenvalue weighted by molar-refractivity contribution is -0.137. The van der Waals surface area contributed by atoms with Gasteiger partial charge in [0.15, 0.2) is 11.5 Å². The van der Waals surface area contributed by atoms with Gasteiger partial charge in [-0.05, 0) is 36.4 Å². The van der Waals surface area contributed by atoms with Gasteiger partial charge in [-0.3, -0.25) is 9.69 Å². The van der Waals surface area contributed by atoms with Gasteiger partial charge >= 0.3 is 12.3 Å². The van der Waals surface area contributed by atoms with E-state index in [0.29, 0.717) is 0 Å². The van der Waals surface area contributed by atoms with E-state index in [2.05, 4.69) is 15.4 Å². The summed E-state index contributed by atoms with van der Waals surface area (Å²) in [6, 6.07) is 13.1. The number of nitrogens with zero attached hydrogens (tertiary/aromatic N) is 4. The number of anilines is 2. The van der Waals surface area contributed by atoms with Crippen molar-refractivity contribution >= 4 is 64.0 Å². The Labute approximate surface area is 227 Å². The van der Waals surface area contributed by atoms with Gasteiger partial charge in [0, 0.05) is 23.4 Å². The zero-order valence-electron chi connectivity index (χ0n) is 18.8. The summed E-state index contributed by atoms with van der Waals surface area (Å²) in [6.45, 7) is -0.473. The van der Waals surface area contributed by atoms with Crippen molar-refractivity contribution in [3.8, 4) is 11.6 Å². The molecule has 2 heterocycles. The Kier molecular flexibility index (Phi) is 7.58. The van der Waals surface area contributed by atoms with E-state index in [-0.39, 0.29) is 34.3 Å². The highest BCUT2D eigenvalue weighted by Crippen LogP contribution is 2.31. The molecule has 0 aliphatic heterocycles. The van der Waals surface area contributed by atoms with E-state index in [1.165, 1.54) is 41.0 Å². The summed E-state index contributed by atoms with van der Waals surface area (Å²) in [4.78, 5) is 29.0. The van der Waals surface area contributed by atoms with Gasteiger partial charge in [0.25, 0.3) is 5.91 Å². The molecule has 0 atom stereocenters. The molecule has 2 N–H and O–H groups in total. The first-order valence-electron chi connectivity index (χ1n) is 10.5. The second-order valence-corrected chi connectivity index (χ2v) is 10.2. The van der Waals surface area contributed by atoms with E-state index in [1.54, 1.807) is 12.1 Å². The number of nitrogens with one attached hydrogen (secondary N) is 1. The maximum absolute atomic E-state index is 13.0. The maximum atomic E-state index is 13.0. The Morgan fingerprint density at radius 3 is 2.47 bits per heavy atom. The SMILES string of the molecule is O=C(Nc1cccc(Oc2ccc3nc(N(CC(Cl)(Cl)Cl)C(=O)O)cn3n2)c1)c1cccc(C(F)(F)F)c1. The smallest absolute Gasteiger partial charge is 0.416 e. The summed E-state index contributed by atoms with van der Waals surface area (Å²) in [5, 5.41) is 16.2. The van der Waals surface area contributed by atoms with Crippen LogP contribution in [0.2, 0.25) is 0 Å². The van der Waals surface area contributed by atoms with Crippen molar-refractivity contribution in [1.82, 2.24) is 14.6 Å². The first kappa shape index (κ1) is 27.3. The second kappa shape index (κ2) is 10.6. The molecule has 0 unspecified atom stereocenters. The lowest BCUT2D eigenvalue weighted by atomic mass is 10.1. The van der Waals surface area contributed by atoms with Gasteiger partial charge < -0.3 is 15.2 Å². The van der Waals surface area contributed by atoms with Crippen molar-refractivity contribution in [2.24, 2.45) is 0 Å². The summed E-state index contributed by atoms with van der Waals surface area (Å²) in [5.41, 5.74) is -0.561. The third kappa shape index (κ3) is 6.77. The lowest BCUT2D eigenvalue weighted by Crippen LogP contribution is -2.37. The molecule has 0 saturated carbocycles. The minimum absolute atomic E-state index is 0.0345. The predicted octanol–water partition coefficient (Wildman–Crippen LogP) is 6.65. The fourth-order valence-electron chi connectivity index (χ4n) is 3.26. The topological polar surface area (TPSA) is 109 Å². The highest BCUT2D eigenvalue weighted by Gasteiger charge is 2.31. The Morgan fingerprint density at radius 1 is 1.05 bits per heavy atom. The quantitative estimate of drug-likeness (QED) is 0.244. The van der Waals surface area contributed by atoms with Gasteiger partial charge in [-0.25, -0.2) is 14.3 Å². The van der Waals surface area contributed by atoms with Gasteiger partial charge in [-0.15, -0.1) is 5.10 Å². The van der Waals surface area contributed by atoms with Crippen molar-refractivity contribution < 1.29 is 32.6 Å². The van der Waals surface area contributed by atoms with Crippen LogP contribution in [0.25, 0.3) is 5.65 Å². The molecule has 0 aliphatic carbocycles. The van der Waals surface area contributed by atoms with Crippen molar-refractivity contribution in [3.63, 3.8) is 0 Å². The molecule has 2 amide bonds. The summed E-state index contributed by atoms with van der Waals surface area (Å²) in [6.07, 6.45) is -4.67. The number of halogens is 6. The molecule has 38 heavy (non-hydrogen) atoms. The molecular weight excluding hydrogens is 574 g/mol. The monoisotopic (exact) mass is 587 g/mol. The van der Waals surface area contributed by atoms with E-state index < -0.39 is 34.1 Å². The molecule has 198 valence electrons. The second-order valence-electron chi connectivity index (χ2n) is 7.72. The summed E-state index contributed by atoms with van der Waals surface area (Å²) in [7, 11) is 0. The number of imidazole rings is 1. The van der Waals surface area contributed by atoms with Crippen molar-refractivity contribution in [2.45, 2.75) is 9.97 Å². The molecule has 0 spiro atoms. The zero-order valence-corrected chi connectivity index (χ0v) is 21.1. The Morgan fingerprint density at radius 2 is 1.79 bits per heavy atom. The molecule has 4 aromatic rings. The summed E-state index contributed by atoms with van der Waals surface area (Å²) in [5.74, 6) is -0.433. The van der Waals surface area contributed by atoms with E-state index in [4.69, 9.17) is 39.5 Å². The molecule has 2 aromatic heterocycles. The van der Waals surface area contributed by atoms with Crippen molar-refractivity contribution in [2.75, 3.05) is 16.8 Å². The molecule has 0 radical (unpaired) electrons. The average Bonchev–Trinajstić information content (AvgIpc) is 3.25. The third-order valence-electron chi connectivity index (χ3n) is 4.89. The maximum Gasteiger partial charge on any atom is 0.416 e. The number of carbonyl (C=O) groups excluding carboxylic acids is 1. The van der Waals surface area contributed by atoms with Gasteiger partial charge in [0.1, 0.15) is 5.75 Å². The molecular formula is C23H15Cl3F3N5O4. The van der Waals surface area contributed by atoms with E-state index in [0.717, 1.165) is 23.1 Å². The van der Waals surface area contributed by atoms with Crippen LogP contribution in [0.15, 0.2) is 66.9 Å². The van der Waals surface area contributed by atoms with Crippen LogP contribution < -0.4 is 15.0 Å². The van der Waals surface area contributed by atoms with Gasteiger partial charge in [-0.2, -0.15) is 13.2 Å². The van der Waals surface area contributed by atoms with E-state index in [9.17, 15) is 27.9 Å². The molecule has 9 nitrogen and oxygen atoms in total. The lowest BCUT2D eigenvalue weighted by Gasteiger charge is -2.20. The number of fused-ring (bicyclic) bond motifs is 1. The van der Waals surface area contributed by atoms with Crippen LogP contribution in [-0.2, 0) is 6.18 Å². The van der Waals surface area contributed by atoms with Crippen molar-refractivity contribution in [1.29, 1.82) is 0 Å². The van der Waals surface area contributed by atoms with Crippen LogP contribution in [-0.4, -0.2) is 42.0 Å². The number of alkyl halides is 6. The van der Waals surface area contributed by atoms with Crippen LogP contribution in [0.3, 0.4) is 0 Å². The Hall–Kier alpha value is -3.74. The molecule has 0 fully saturated rings. The number of benzene rings is 2. The fourth-order valence-corrected chi connectivity index (χ4v) is 3.62. The number of carboxylic acid groups (broad SMARTS) is 1. The van der Waals surface area contributed by atoms with Gasteiger partial charge in [0.05, 0.1) is 18.3 Å². The molecule has 0 bridgehead atoms. The fraction of sp³-hybridized carbons (Fsp3) is 0.130. The number of hydrogen-bond acceptors (Lipinski definition) is 5. The predicted molar refractivity (Wildman–Crippen MR) is 135 cm³/mol. The molecule has 15 heteroatoms. The Bertz CT molecular complexity index is 1510. The largest absolute Gasteiger partial charge is 0.465 e. The van der Waals surface area contributed by atoms with Crippen LogP contribution in [0.1, 0.15) is 15.9 Å². The number of rotatable bonds is 6. The Balaban J connectivity index is 1.51. The number of ether oxygens (including phenoxy) is 1. The molecule has 0 saturated heterocycles.